The molecule has 3 N–H and O–H groups in total. The third-order valence-electron chi connectivity index (χ3n) is 3.21. The molecule has 0 saturated carbocycles. The van der Waals surface area contributed by atoms with E-state index < -0.39 is 0 Å². The number of aryl methyl sites for hydroxylation is 1. The zero-order valence-electron chi connectivity index (χ0n) is 12.9. The number of rotatable bonds is 6. The first-order valence-electron chi connectivity index (χ1n) is 7.24. The maximum Gasteiger partial charge on any atom is 0.251 e. The van der Waals surface area contributed by atoms with Gasteiger partial charge in [-0.25, -0.2) is 0 Å². The van der Waals surface area contributed by atoms with Crippen molar-refractivity contribution in [2.75, 3.05) is 6.54 Å². The molecule has 116 valence electrons. The Kier molecular flexibility index (Phi) is 5.49. The maximum absolute atomic E-state index is 12.1. The van der Waals surface area contributed by atoms with Gasteiger partial charge in [0.15, 0.2) is 0 Å². The molecular formula is C17H21N3O2. The van der Waals surface area contributed by atoms with Crippen LogP contribution in [0.15, 0.2) is 42.6 Å². The average Bonchev–Trinajstić information content (AvgIpc) is 2.54. The lowest BCUT2D eigenvalue weighted by molar-refractivity contribution is 0.0941. The molecule has 0 bridgehead atoms. The fourth-order valence-electron chi connectivity index (χ4n) is 1.87. The molecule has 22 heavy (non-hydrogen) atoms. The number of ether oxygens (including phenoxy) is 1. The number of benzene rings is 1. The van der Waals surface area contributed by atoms with Gasteiger partial charge in [0.05, 0.1) is 6.20 Å². The molecule has 1 aromatic carbocycles. The number of amides is 1. The summed E-state index contributed by atoms with van der Waals surface area (Å²) in [5, 5.41) is 2.84. The molecule has 0 radical (unpaired) electrons. The van der Waals surface area contributed by atoms with Crippen LogP contribution in [0.1, 0.15) is 28.5 Å². The highest BCUT2D eigenvalue weighted by Crippen LogP contribution is 2.13. The molecule has 5 heteroatoms. The van der Waals surface area contributed by atoms with Crippen molar-refractivity contribution in [1.29, 1.82) is 0 Å². The number of carbonyl (C=O) groups excluding carboxylic acids is 1. The zero-order valence-corrected chi connectivity index (χ0v) is 12.9. The first-order chi connectivity index (χ1) is 10.6. The lowest BCUT2D eigenvalue weighted by Crippen LogP contribution is -2.37. The molecule has 1 atom stereocenters. The molecule has 0 aliphatic heterocycles. The molecule has 5 nitrogen and oxygen atoms in total. The van der Waals surface area contributed by atoms with Gasteiger partial charge in [-0.2, -0.15) is 0 Å². The van der Waals surface area contributed by atoms with Crippen LogP contribution in [-0.2, 0) is 6.61 Å². The van der Waals surface area contributed by atoms with E-state index in [1.165, 1.54) is 0 Å². The number of pyridine rings is 1. The number of nitrogens with zero attached hydrogens (tertiary/aromatic N) is 1. The largest absolute Gasteiger partial charge is 0.487 e. The summed E-state index contributed by atoms with van der Waals surface area (Å²) in [6.07, 6.45) is 1.69. The first kappa shape index (κ1) is 16.0. The Morgan fingerprint density at radius 2 is 2.18 bits per heavy atom. The summed E-state index contributed by atoms with van der Waals surface area (Å²) in [7, 11) is 0. The normalized spacial score (nSPS) is 11.8. The summed E-state index contributed by atoms with van der Waals surface area (Å²) in [5.41, 5.74) is 7.98. The average molecular weight is 299 g/mol. The minimum Gasteiger partial charge on any atom is -0.487 e. The molecule has 0 aliphatic carbocycles. The Balaban J connectivity index is 1.99. The Bertz CT molecular complexity index is 626. The lowest BCUT2D eigenvalue weighted by Gasteiger charge is -2.12. The van der Waals surface area contributed by atoms with Crippen molar-refractivity contribution < 1.29 is 9.53 Å². The van der Waals surface area contributed by atoms with Gasteiger partial charge in [-0.15, -0.1) is 0 Å². The first-order valence-corrected chi connectivity index (χ1v) is 7.24. The van der Waals surface area contributed by atoms with Gasteiger partial charge in [0.2, 0.25) is 0 Å². The second-order valence-corrected chi connectivity index (χ2v) is 5.23. The molecule has 1 heterocycles. The van der Waals surface area contributed by atoms with E-state index in [1.807, 2.05) is 44.2 Å². The highest BCUT2D eigenvalue weighted by Gasteiger charge is 2.09. The number of hydrogen-bond acceptors (Lipinski definition) is 4. The van der Waals surface area contributed by atoms with Gasteiger partial charge >= 0.3 is 0 Å². The summed E-state index contributed by atoms with van der Waals surface area (Å²) < 4.78 is 5.67. The fourth-order valence-corrected chi connectivity index (χ4v) is 1.87. The molecule has 0 fully saturated rings. The Morgan fingerprint density at radius 1 is 1.36 bits per heavy atom. The van der Waals surface area contributed by atoms with Crippen molar-refractivity contribution in [3.8, 4) is 5.75 Å². The Labute approximate surface area is 130 Å². The predicted molar refractivity (Wildman–Crippen MR) is 85.7 cm³/mol. The van der Waals surface area contributed by atoms with Crippen molar-refractivity contribution in [2.24, 2.45) is 5.73 Å². The van der Waals surface area contributed by atoms with E-state index in [2.05, 4.69) is 10.3 Å². The quantitative estimate of drug-likeness (QED) is 0.856. The number of aromatic nitrogens is 1. The van der Waals surface area contributed by atoms with Crippen LogP contribution in [0, 0.1) is 6.92 Å². The van der Waals surface area contributed by atoms with Crippen molar-refractivity contribution in [3.63, 3.8) is 0 Å². The molecule has 0 saturated heterocycles. The van der Waals surface area contributed by atoms with E-state index >= 15 is 0 Å². The van der Waals surface area contributed by atoms with Gasteiger partial charge < -0.3 is 15.8 Å². The van der Waals surface area contributed by atoms with Crippen LogP contribution >= 0.6 is 0 Å². The van der Waals surface area contributed by atoms with Crippen LogP contribution in [0.5, 0.6) is 5.75 Å². The van der Waals surface area contributed by atoms with E-state index in [-0.39, 0.29) is 11.9 Å². The second kappa shape index (κ2) is 7.56. The van der Waals surface area contributed by atoms with Crippen molar-refractivity contribution >= 4 is 5.91 Å². The summed E-state index contributed by atoms with van der Waals surface area (Å²) in [6, 6.07) is 11.1. The molecule has 1 amide bonds. The van der Waals surface area contributed by atoms with Crippen LogP contribution in [0.25, 0.3) is 0 Å². The zero-order chi connectivity index (χ0) is 15.9. The lowest BCUT2D eigenvalue weighted by atomic mass is 10.1. The van der Waals surface area contributed by atoms with Crippen LogP contribution < -0.4 is 15.8 Å². The van der Waals surface area contributed by atoms with Crippen molar-refractivity contribution in [2.45, 2.75) is 26.5 Å². The molecule has 2 rings (SSSR count). The van der Waals surface area contributed by atoms with E-state index in [0.29, 0.717) is 24.5 Å². The van der Waals surface area contributed by atoms with Gasteiger partial charge in [-0.05, 0) is 43.7 Å². The highest BCUT2D eigenvalue weighted by atomic mass is 16.5. The third kappa shape index (κ3) is 4.56. The number of hydrogen-bond donors (Lipinski definition) is 2. The standard InChI is InChI=1S/C17H21N3O2/c1-12-6-7-16(10-19-12)22-11-14-4-3-5-15(8-14)17(21)20-13(2)9-18/h3-8,10,13H,9,11,18H2,1-2H3,(H,20,21)/t13-/m0/s1. The minimum absolute atomic E-state index is 0.0500. The van der Waals surface area contributed by atoms with E-state index in [1.54, 1.807) is 12.3 Å². The Hall–Kier alpha value is -2.40. The van der Waals surface area contributed by atoms with E-state index in [4.69, 9.17) is 10.5 Å². The molecule has 0 unspecified atom stereocenters. The highest BCUT2D eigenvalue weighted by molar-refractivity contribution is 5.94. The number of nitrogens with one attached hydrogen (secondary N) is 1. The number of carbonyl (C=O) groups is 1. The molecule has 0 spiro atoms. The van der Waals surface area contributed by atoms with Gasteiger partial charge in [-0.1, -0.05) is 12.1 Å². The maximum atomic E-state index is 12.1. The predicted octanol–water partition coefficient (Wildman–Crippen LogP) is 2.05. The van der Waals surface area contributed by atoms with Crippen LogP contribution in [0.3, 0.4) is 0 Å². The molecule has 0 aliphatic rings. The van der Waals surface area contributed by atoms with Crippen LogP contribution in [0.2, 0.25) is 0 Å². The smallest absolute Gasteiger partial charge is 0.251 e. The summed E-state index contributed by atoms with van der Waals surface area (Å²) >= 11 is 0. The summed E-state index contributed by atoms with van der Waals surface area (Å²) in [5.74, 6) is 0.578. The van der Waals surface area contributed by atoms with E-state index in [9.17, 15) is 4.79 Å². The monoisotopic (exact) mass is 299 g/mol. The van der Waals surface area contributed by atoms with Gasteiger partial charge in [-0.3, -0.25) is 9.78 Å². The minimum atomic E-state index is -0.128. The SMILES string of the molecule is Cc1ccc(OCc2cccc(C(=O)N[C@@H](C)CN)c2)cn1. The summed E-state index contributed by atoms with van der Waals surface area (Å²) in [6.45, 7) is 4.59. The van der Waals surface area contributed by atoms with E-state index in [0.717, 1.165) is 11.3 Å². The second-order valence-electron chi connectivity index (χ2n) is 5.23. The molecule has 1 aromatic heterocycles. The van der Waals surface area contributed by atoms with Crippen molar-refractivity contribution in [3.05, 3.63) is 59.4 Å². The van der Waals surface area contributed by atoms with Crippen LogP contribution in [0.4, 0.5) is 0 Å². The van der Waals surface area contributed by atoms with Gasteiger partial charge in [0.25, 0.3) is 5.91 Å². The topological polar surface area (TPSA) is 77.2 Å². The molecular weight excluding hydrogens is 278 g/mol. The number of nitrogens with two attached hydrogens (primary N) is 1. The molecule has 2 aromatic rings. The third-order valence-corrected chi connectivity index (χ3v) is 3.21. The van der Waals surface area contributed by atoms with Gasteiger partial charge in [0.1, 0.15) is 12.4 Å². The van der Waals surface area contributed by atoms with Gasteiger partial charge in [0, 0.05) is 23.8 Å². The van der Waals surface area contributed by atoms with Crippen LogP contribution in [-0.4, -0.2) is 23.5 Å². The van der Waals surface area contributed by atoms with Crippen molar-refractivity contribution in [1.82, 2.24) is 10.3 Å². The fraction of sp³-hybridized carbons (Fsp3) is 0.294. The Morgan fingerprint density at radius 3 is 2.86 bits per heavy atom. The summed E-state index contributed by atoms with van der Waals surface area (Å²) in [4.78, 5) is 16.2.